The van der Waals surface area contributed by atoms with Crippen LogP contribution in [0.2, 0.25) is 5.02 Å². The van der Waals surface area contributed by atoms with Gasteiger partial charge in [0.15, 0.2) is 5.76 Å². The molecule has 0 saturated carbocycles. The molecule has 0 atom stereocenters. The van der Waals surface area contributed by atoms with E-state index in [4.69, 9.17) is 21.8 Å². The quantitative estimate of drug-likeness (QED) is 0.754. The maximum atomic E-state index is 12.2. The number of furan rings is 1. The van der Waals surface area contributed by atoms with Gasteiger partial charge in [-0.15, -0.1) is 0 Å². The standard InChI is InChI=1S/C18H13ClN2O3/c19-13-5-1-11(2-6-13)15-9-10-16(24-15)18(23)21-14-7-3-12(4-8-14)17(20)22/h1-10H,(H2,20,22)(H,21,23). The lowest BCUT2D eigenvalue weighted by molar-refractivity contribution is 0.0992. The van der Waals surface area contributed by atoms with Crippen molar-refractivity contribution in [3.05, 3.63) is 77.0 Å². The van der Waals surface area contributed by atoms with Crippen molar-refractivity contribution in [2.75, 3.05) is 5.32 Å². The lowest BCUT2D eigenvalue weighted by Gasteiger charge is -2.04. The Bertz CT molecular complexity index is 883. The number of benzene rings is 2. The summed E-state index contributed by atoms with van der Waals surface area (Å²) in [7, 11) is 0. The van der Waals surface area contributed by atoms with Crippen molar-refractivity contribution in [1.29, 1.82) is 0 Å². The van der Waals surface area contributed by atoms with E-state index < -0.39 is 5.91 Å². The normalized spacial score (nSPS) is 10.4. The molecule has 1 heterocycles. The van der Waals surface area contributed by atoms with E-state index in [0.717, 1.165) is 5.56 Å². The molecule has 2 amide bonds. The molecule has 6 heteroatoms. The second-order valence-corrected chi connectivity index (χ2v) is 5.50. The molecule has 0 aliphatic carbocycles. The number of carbonyl (C=O) groups excluding carboxylic acids is 2. The van der Waals surface area contributed by atoms with Crippen molar-refractivity contribution in [2.45, 2.75) is 0 Å². The highest BCUT2D eigenvalue weighted by molar-refractivity contribution is 6.30. The van der Waals surface area contributed by atoms with Crippen LogP contribution in [0.25, 0.3) is 11.3 Å². The largest absolute Gasteiger partial charge is 0.451 e. The summed E-state index contributed by atoms with van der Waals surface area (Å²) in [6.45, 7) is 0. The van der Waals surface area contributed by atoms with E-state index in [1.165, 1.54) is 0 Å². The van der Waals surface area contributed by atoms with Gasteiger partial charge in [-0.05, 0) is 60.7 Å². The van der Waals surface area contributed by atoms with Gasteiger partial charge in [0.2, 0.25) is 5.91 Å². The molecule has 0 spiro atoms. The zero-order valence-corrected chi connectivity index (χ0v) is 13.2. The van der Waals surface area contributed by atoms with E-state index in [1.54, 1.807) is 48.5 Å². The first-order valence-electron chi connectivity index (χ1n) is 7.10. The third-order valence-electron chi connectivity index (χ3n) is 3.39. The third kappa shape index (κ3) is 3.47. The Morgan fingerprint density at radius 2 is 1.58 bits per heavy atom. The molecule has 3 N–H and O–H groups in total. The maximum absolute atomic E-state index is 12.2. The smallest absolute Gasteiger partial charge is 0.291 e. The summed E-state index contributed by atoms with van der Waals surface area (Å²) in [5, 5.41) is 3.32. The molecular weight excluding hydrogens is 328 g/mol. The second kappa shape index (κ2) is 6.60. The number of primary amides is 1. The molecule has 2 aromatic carbocycles. The Kier molecular flexibility index (Phi) is 4.35. The van der Waals surface area contributed by atoms with Gasteiger partial charge < -0.3 is 15.5 Å². The Balaban J connectivity index is 1.73. The molecule has 0 saturated heterocycles. The van der Waals surface area contributed by atoms with Crippen molar-refractivity contribution < 1.29 is 14.0 Å². The van der Waals surface area contributed by atoms with Crippen LogP contribution in [0.5, 0.6) is 0 Å². The number of amides is 2. The lowest BCUT2D eigenvalue weighted by Crippen LogP contribution is -2.12. The minimum atomic E-state index is -0.522. The van der Waals surface area contributed by atoms with Gasteiger partial charge in [-0.3, -0.25) is 9.59 Å². The molecule has 3 rings (SSSR count). The summed E-state index contributed by atoms with van der Waals surface area (Å²) < 4.78 is 5.58. The van der Waals surface area contributed by atoms with Crippen LogP contribution in [0.3, 0.4) is 0 Å². The van der Waals surface area contributed by atoms with Gasteiger partial charge in [-0.1, -0.05) is 11.6 Å². The zero-order chi connectivity index (χ0) is 17.1. The number of nitrogens with two attached hydrogens (primary N) is 1. The van der Waals surface area contributed by atoms with E-state index in [2.05, 4.69) is 5.32 Å². The highest BCUT2D eigenvalue weighted by Crippen LogP contribution is 2.24. The minimum Gasteiger partial charge on any atom is -0.451 e. The first kappa shape index (κ1) is 15.8. The van der Waals surface area contributed by atoms with Crippen LogP contribution >= 0.6 is 11.6 Å². The van der Waals surface area contributed by atoms with Crippen molar-refractivity contribution in [3.8, 4) is 11.3 Å². The van der Waals surface area contributed by atoms with Gasteiger partial charge in [-0.25, -0.2) is 0 Å². The number of nitrogens with one attached hydrogen (secondary N) is 1. The number of halogens is 1. The molecule has 3 aromatic rings. The molecule has 24 heavy (non-hydrogen) atoms. The molecular formula is C18H13ClN2O3. The first-order valence-corrected chi connectivity index (χ1v) is 7.48. The number of rotatable bonds is 4. The fourth-order valence-electron chi connectivity index (χ4n) is 2.14. The SMILES string of the molecule is NC(=O)c1ccc(NC(=O)c2ccc(-c3ccc(Cl)cc3)o2)cc1. The Labute approximate surface area is 143 Å². The zero-order valence-electron chi connectivity index (χ0n) is 12.5. The van der Waals surface area contributed by atoms with Crippen molar-refractivity contribution in [2.24, 2.45) is 5.73 Å². The molecule has 1 aromatic heterocycles. The van der Waals surface area contributed by atoms with Crippen LogP contribution in [0, 0.1) is 0 Å². The molecule has 5 nitrogen and oxygen atoms in total. The van der Waals surface area contributed by atoms with Gasteiger partial charge in [0.05, 0.1) is 0 Å². The number of hydrogen-bond acceptors (Lipinski definition) is 3. The summed E-state index contributed by atoms with van der Waals surface area (Å²) in [5.74, 6) is -0.159. The monoisotopic (exact) mass is 340 g/mol. The molecule has 120 valence electrons. The van der Waals surface area contributed by atoms with E-state index in [0.29, 0.717) is 22.0 Å². The van der Waals surface area contributed by atoms with Crippen LogP contribution in [0.1, 0.15) is 20.9 Å². The highest BCUT2D eigenvalue weighted by Gasteiger charge is 2.13. The number of anilines is 1. The third-order valence-corrected chi connectivity index (χ3v) is 3.64. The topological polar surface area (TPSA) is 85.3 Å². The number of carbonyl (C=O) groups is 2. The Hall–Kier alpha value is -3.05. The van der Waals surface area contributed by atoms with E-state index in [9.17, 15) is 9.59 Å². The van der Waals surface area contributed by atoms with Crippen LogP contribution in [-0.4, -0.2) is 11.8 Å². The van der Waals surface area contributed by atoms with Crippen molar-refractivity contribution in [3.63, 3.8) is 0 Å². The van der Waals surface area contributed by atoms with Gasteiger partial charge in [0.1, 0.15) is 5.76 Å². The van der Waals surface area contributed by atoms with Crippen molar-refractivity contribution in [1.82, 2.24) is 0 Å². The van der Waals surface area contributed by atoms with E-state index in [1.807, 2.05) is 12.1 Å². The molecule has 0 aliphatic heterocycles. The molecule has 0 aliphatic rings. The number of hydrogen-bond donors (Lipinski definition) is 2. The van der Waals surface area contributed by atoms with Crippen LogP contribution in [0.4, 0.5) is 5.69 Å². The fraction of sp³-hybridized carbons (Fsp3) is 0. The summed E-state index contributed by atoms with van der Waals surface area (Å²) in [5.41, 5.74) is 6.91. The average molecular weight is 341 g/mol. The average Bonchev–Trinajstić information content (AvgIpc) is 3.06. The van der Waals surface area contributed by atoms with Crippen LogP contribution in [0.15, 0.2) is 65.1 Å². The van der Waals surface area contributed by atoms with Gasteiger partial charge in [0, 0.05) is 21.8 Å². The van der Waals surface area contributed by atoms with Gasteiger partial charge in [0.25, 0.3) is 5.91 Å². The van der Waals surface area contributed by atoms with E-state index >= 15 is 0 Å². The fourth-order valence-corrected chi connectivity index (χ4v) is 2.27. The summed E-state index contributed by atoms with van der Waals surface area (Å²) >= 11 is 5.85. The van der Waals surface area contributed by atoms with Gasteiger partial charge in [-0.2, -0.15) is 0 Å². The van der Waals surface area contributed by atoms with E-state index in [-0.39, 0.29) is 11.7 Å². The van der Waals surface area contributed by atoms with Crippen molar-refractivity contribution >= 4 is 29.1 Å². The minimum absolute atomic E-state index is 0.180. The highest BCUT2D eigenvalue weighted by atomic mass is 35.5. The van der Waals surface area contributed by atoms with Crippen LogP contribution < -0.4 is 11.1 Å². The Morgan fingerprint density at radius 1 is 0.917 bits per heavy atom. The first-order chi connectivity index (χ1) is 11.5. The second-order valence-electron chi connectivity index (χ2n) is 5.07. The van der Waals surface area contributed by atoms with Gasteiger partial charge >= 0.3 is 0 Å². The molecule has 0 radical (unpaired) electrons. The summed E-state index contributed by atoms with van der Waals surface area (Å²) in [4.78, 5) is 23.2. The van der Waals surface area contributed by atoms with Crippen LogP contribution in [-0.2, 0) is 0 Å². The predicted octanol–water partition coefficient (Wildman–Crippen LogP) is 3.95. The molecule has 0 unspecified atom stereocenters. The predicted molar refractivity (Wildman–Crippen MR) is 92.1 cm³/mol. The Morgan fingerprint density at radius 3 is 2.21 bits per heavy atom. The maximum Gasteiger partial charge on any atom is 0.291 e. The molecule has 0 fully saturated rings. The summed E-state index contributed by atoms with van der Waals surface area (Å²) in [6.07, 6.45) is 0. The summed E-state index contributed by atoms with van der Waals surface area (Å²) in [6, 6.07) is 16.7. The lowest BCUT2D eigenvalue weighted by atomic mass is 10.2. The molecule has 0 bridgehead atoms.